The fourth-order valence-electron chi connectivity index (χ4n) is 1.25. The summed E-state index contributed by atoms with van der Waals surface area (Å²) in [6.07, 6.45) is 0.660. The quantitative estimate of drug-likeness (QED) is 0.771. The molecule has 0 bridgehead atoms. The highest BCUT2D eigenvalue weighted by molar-refractivity contribution is 6.31. The van der Waals surface area contributed by atoms with Gasteiger partial charge in [-0.05, 0) is 25.1 Å². The maximum absolute atomic E-state index is 13.3. The number of nitrogens with one attached hydrogen (secondary N) is 1. The molecule has 1 aromatic carbocycles. The molecule has 3 nitrogen and oxygen atoms in total. The molecule has 0 atom stereocenters. The molecular weight excluding hydrogens is 231 g/mol. The van der Waals surface area contributed by atoms with Crippen LogP contribution in [0.3, 0.4) is 0 Å². The Hall–Kier alpha value is -1.13. The minimum Gasteiger partial charge on any atom is -0.356 e. The van der Waals surface area contributed by atoms with Crippen LogP contribution in [-0.2, 0) is 11.2 Å². The maximum Gasteiger partial charge on any atom is 0.224 e. The van der Waals surface area contributed by atoms with Crippen molar-refractivity contribution in [1.82, 2.24) is 5.32 Å². The smallest absolute Gasteiger partial charge is 0.224 e. The minimum atomic E-state index is -0.457. The van der Waals surface area contributed by atoms with Crippen LogP contribution in [0.2, 0.25) is 5.02 Å². The van der Waals surface area contributed by atoms with Crippen molar-refractivity contribution >= 4 is 17.5 Å². The van der Waals surface area contributed by atoms with Crippen LogP contribution in [0.1, 0.15) is 12.0 Å². The second-order valence-electron chi connectivity index (χ2n) is 3.37. The van der Waals surface area contributed by atoms with E-state index in [9.17, 15) is 9.18 Å². The Labute approximate surface area is 98.8 Å². The normalized spacial score (nSPS) is 10.2. The first kappa shape index (κ1) is 12.9. The van der Waals surface area contributed by atoms with Gasteiger partial charge < -0.3 is 11.1 Å². The molecule has 1 aromatic rings. The van der Waals surface area contributed by atoms with E-state index >= 15 is 0 Å². The maximum atomic E-state index is 13.3. The molecule has 1 amide bonds. The molecule has 1 rings (SSSR count). The second-order valence-corrected chi connectivity index (χ2v) is 3.78. The molecule has 0 saturated carbocycles. The van der Waals surface area contributed by atoms with E-state index in [-0.39, 0.29) is 22.9 Å². The van der Waals surface area contributed by atoms with E-state index in [4.69, 9.17) is 17.3 Å². The average Bonchev–Trinajstić information content (AvgIpc) is 2.24. The Morgan fingerprint density at radius 3 is 2.88 bits per heavy atom. The first-order valence-corrected chi connectivity index (χ1v) is 5.42. The molecule has 16 heavy (non-hydrogen) atoms. The first-order chi connectivity index (χ1) is 7.65. The average molecular weight is 245 g/mol. The van der Waals surface area contributed by atoms with Crippen LogP contribution in [0.5, 0.6) is 0 Å². The Kier molecular flexibility index (Phi) is 5.22. The molecule has 0 heterocycles. The Balaban J connectivity index is 2.56. The number of hydrogen-bond acceptors (Lipinski definition) is 2. The van der Waals surface area contributed by atoms with E-state index in [1.165, 1.54) is 12.1 Å². The third kappa shape index (κ3) is 3.79. The Bertz CT molecular complexity index is 351. The van der Waals surface area contributed by atoms with Crippen molar-refractivity contribution in [1.29, 1.82) is 0 Å². The molecule has 3 N–H and O–H groups in total. The van der Waals surface area contributed by atoms with E-state index in [0.717, 1.165) is 0 Å². The summed E-state index contributed by atoms with van der Waals surface area (Å²) in [7, 11) is 0. The number of rotatable bonds is 5. The molecule has 0 aromatic heterocycles. The second kappa shape index (κ2) is 6.45. The third-order valence-corrected chi connectivity index (χ3v) is 2.46. The van der Waals surface area contributed by atoms with Gasteiger partial charge in [-0.3, -0.25) is 4.79 Å². The summed E-state index contributed by atoms with van der Waals surface area (Å²) in [6, 6.07) is 4.36. The first-order valence-electron chi connectivity index (χ1n) is 5.05. The molecule has 0 aliphatic rings. The highest BCUT2D eigenvalue weighted by Crippen LogP contribution is 2.19. The van der Waals surface area contributed by atoms with Gasteiger partial charge in [0.25, 0.3) is 0 Å². The number of hydrogen-bond donors (Lipinski definition) is 2. The van der Waals surface area contributed by atoms with Gasteiger partial charge in [-0.2, -0.15) is 0 Å². The van der Waals surface area contributed by atoms with E-state index in [0.29, 0.717) is 19.5 Å². The highest BCUT2D eigenvalue weighted by atomic mass is 35.5. The lowest BCUT2D eigenvalue weighted by molar-refractivity contribution is -0.120. The summed E-state index contributed by atoms with van der Waals surface area (Å²) in [4.78, 5) is 11.4. The lowest BCUT2D eigenvalue weighted by Gasteiger charge is -2.06. The predicted molar refractivity (Wildman–Crippen MR) is 61.8 cm³/mol. The van der Waals surface area contributed by atoms with E-state index in [1.54, 1.807) is 6.07 Å². The number of halogens is 2. The van der Waals surface area contributed by atoms with Crippen molar-refractivity contribution in [2.75, 3.05) is 13.1 Å². The van der Waals surface area contributed by atoms with Crippen molar-refractivity contribution in [3.05, 3.63) is 34.6 Å². The number of benzene rings is 1. The van der Waals surface area contributed by atoms with Gasteiger partial charge in [0.2, 0.25) is 5.91 Å². The van der Waals surface area contributed by atoms with Gasteiger partial charge in [-0.15, -0.1) is 0 Å². The molecule has 0 aliphatic heterocycles. The predicted octanol–water partition coefficient (Wildman–Crippen LogP) is 1.49. The van der Waals surface area contributed by atoms with E-state index in [2.05, 4.69) is 5.32 Å². The van der Waals surface area contributed by atoms with Crippen LogP contribution in [0.15, 0.2) is 18.2 Å². The van der Waals surface area contributed by atoms with Crippen LogP contribution in [-0.4, -0.2) is 19.0 Å². The van der Waals surface area contributed by atoms with Gasteiger partial charge in [-0.1, -0.05) is 17.7 Å². The van der Waals surface area contributed by atoms with E-state index < -0.39 is 5.82 Å². The van der Waals surface area contributed by atoms with E-state index in [1.807, 2.05) is 0 Å². The third-order valence-electron chi connectivity index (χ3n) is 2.10. The molecule has 5 heteroatoms. The fraction of sp³-hybridized carbons (Fsp3) is 0.364. The van der Waals surface area contributed by atoms with Crippen LogP contribution >= 0.6 is 11.6 Å². The number of carbonyl (C=O) groups excluding carboxylic acids is 1. The molecule has 0 fully saturated rings. The standard InChI is InChI=1S/C11H14ClFN2O/c12-9-3-1-4-10(13)8(9)7-11(16)15-6-2-5-14/h1,3-4H,2,5-7,14H2,(H,15,16). The molecule has 0 unspecified atom stereocenters. The van der Waals surface area contributed by atoms with Crippen LogP contribution in [0, 0.1) is 5.82 Å². The topological polar surface area (TPSA) is 55.1 Å². The summed E-state index contributed by atoms with van der Waals surface area (Å²) < 4.78 is 13.3. The number of carbonyl (C=O) groups is 1. The zero-order valence-corrected chi connectivity index (χ0v) is 9.56. The summed E-state index contributed by atoms with van der Waals surface area (Å²) in [6.45, 7) is 1.02. The summed E-state index contributed by atoms with van der Waals surface area (Å²) in [5.41, 5.74) is 5.51. The van der Waals surface area contributed by atoms with Crippen LogP contribution in [0.4, 0.5) is 4.39 Å². The molecule has 0 spiro atoms. The molecule has 0 aliphatic carbocycles. The van der Waals surface area contributed by atoms with Gasteiger partial charge in [0.05, 0.1) is 6.42 Å². The minimum absolute atomic E-state index is 0.0456. The number of nitrogens with two attached hydrogens (primary N) is 1. The lowest BCUT2D eigenvalue weighted by Crippen LogP contribution is -2.27. The van der Waals surface area contributed by atoms with Crippen molar-refractivity contribution in [3.8, 4) is 0 Å². The molecule has 88 valence electrons. The molecular formula is C11H14ClFN2O. The van der Waals surface area contributed by atoms with Gasteiger partial charge in [0.1, 0.15) is 5.82 Å². The van der Waals surface area contributed by atoms with Crippen molar-refractivity contribution < 1.29 is 9.18 Å². The van der Waals surface area contributed by atoms with Crippen LogP contribution in [0.25, 0.3) is 0 Å². The summed E-state index contributed by atoms with van der Waals surface area (Å²) >= 11 is 5.79. The van der Waals surface area contributed by atoms with Gasteiger partial charge in [-0.25, -0.2) is 4.39 Å². The fourth-order valence-corrected chi connectivity index (χ4v) is 1.48. The molecule has 0 radical (unpaired) electrons. The SMILES string of the molecule is NCCCNC(=O)Cc1c(F)cccc1Cl. The zero-order chi connectivity index (χ0) is 12.0. The Morgan fingerprint density at radius 1 is 1.50 bits per heavy atom. The summed E-state index contributed by atoms with van der Waals surface area (Å²) in [5, 5.41) is 2.91. The van der Waals surface area contributed by atoms with Crippen molar-refractivity contribution in [2.45, 2.75) is 12.8 Å². The van der Waals surface area contributed by atoms with Crippen molar-refractivity contribution in [3.63, 3.8) is 0 Å². The van der Waals surface area contributed by atoms with Gasteiger partial charge in [0.15, 0.2) is 0 Å². The Morgan fingerprint density at radius 2 is 2.25 bits per heavy atom. The number of amides is 1. The lowest BCUT2D eigenvalue weighted by atomic mass is 10.1. The monoisotopic (exact) mass is 244 g/mol. The van der Waals surface area contributed by atoms with Gasteiger partial charge >= 0.3 is 0 Å². The summed E-state index contributed by atoms with van der Waals surface area (Å²) in [5.74, 6) is -0.707. The molecule has 0 saturated heterocycles. The van der Waals surface area contributed by atoms with Gasteiger partial charge in [0, 0.05) is 17.1 Å². The van der Waals surface area contributed by atoms with Crippen LogP contribution < -0.4 is 11.1 Å². The van der Waals surface area contributed by atoms with Crippen molar-refractivity contribution in [2.24, 2.45) is 5.73 Å². The highest BCUT2D eigenvalue weighted by Gasteiger charge is 2.10. The largest absolute Gasteiger partial charge is 0.356 e. The zero-order valence-electron chi connectivity index (χ0n) is 8.80.